The lowest BCUT2D eigenvalue weighted by atomic mass is 9.82. The number of pyridine rings is 1. The monoisotopic (exact) mass is 347 g/mol. The molecule has 0 amide bonds. The number of nitrogens with one attached hydrogen (secondary N) is 1. The van der Waals surface area contributed by atoms with Crippen molar-refractivity contribution in [2.45, 2.75) is 45.1 Å². The predicted molar refractivity (Wildman–Crippen MR) is 93.5 cm³/mol. The third-order valence-electron chi connectivity index (χ3n) is 4.62. The third kappa shape index (κ3) is 3.00. The first-order chi connectivity index (χ1) is 10.2. The van der Waals surface area contributed by atoms with Crippen LogP contribution in [0.25, 0.3) is 10.9 Å². The van der Waals surface area contributed by atoms with E-state index in [0.717, 1.165) is 32.7 Å². The molecule has 0 saturated heterocycles. The normalized spacial score (nSPS) is 22.4. The first kappa shape index (κ1) is 14.6. The molecule has 1 aliphatic carbocycles. The van der Waals surface area contributed by atoms with Crippen molar-refractivity contribution in [1.29, 1.82) is 0 Å². The van der Waals surface area contributed by atoms with Crippen molar-refractivity contribution in [3.63, 3.8) is 0 Å². The fourth-order valence-corrected chi connectivity index (χ4v) is 3.75. The highest BCUT2D eigenvalue weighted by Gasteiger charge is 2.24. The van der Waals surface area contributed by atoms with Gasteiger partial charge in [0.1, 0.15) is 0 Å². The van der Waals surface area contributed by atoms with E-state index in [2.05, 4.69) is 39.2 Å². The van der Waals surface area contributed by atoms with Gasteiger partial charge in [-0.3, -0.25) is 4.98 Å². The van der Waals surface area contributed by atoms with Crippen molar-refractivity contribution in [3.8, 4) is 0 Å². The van der Waals surface area contributed by atoms with Gasteiger partial charge in [-0.2, -0.15) is 0 Å². The minimum atomic E-state index is 0.557. The maximum Gasteiger partial charge on any atom is 0.0954 e. The number of halogens is 1. The van der Waals surface area contributed by atoms with E-state index in [9.17, 15) is 0 Å². The molecule has 112 valence electrons. The van der Waals surface area contributed by atoms with E-state index < -0.39 is 0 Å². The average molecular weight is 348 g/mol. The van der Waals surface area contributed by atoms with Crippen LogP contribution in [0.15, 0.2) is 28.9 Å². The molecule has 3 nitrogen and oxygen atoms in total. The van der Waals surface area contributed by atoms with Gasteiger partial charge in [0.05, 0.1) is 11.2 Å². The summed E-state index contributed by atoms with van der Waals surface area (Å²) < 4.78 is 0.961. The number of fused-ring (bicyclic) bond motifs is 1. The molecule has 21 heavy (non-hydrogen) atoms. The molecule has 4 heteroatoms. The number of hydrogen-bond acceptors (Lipinski definition) is 3. The van der Waals surface area contributed by atoms with Gasteiger partial charge in [-0.05, 0) is 52.9 Å². The smallest absolute Gasteiger partial charge is 0.0954 e. The molecule has 0 spiro atoms. The Balaban J connectivity index is 1.95. The zero-order valence-corrected chi connectivity index (χ0v) is 14.0. The zero-order valence-electron chi connectivity index (χ0n) is 12.4. The van der Waals surface area contributed by atoms with E-state index in [0.29, 0.717) is 6.04 Å². The van der Waals surface area contributed by atoms with Crippen molar-refractivity contribution in [3.05, 3.63) is 28.9 Å². The van der Waals surface area contributed by atoms with E-state index in [1.807, 2.05) is 18.3 Å². The minimum absolute atomic E-state index is 0.557. The predicted octanol–water partition coefficient (Wildman–Crippen LogP) is 4.96. The largest absolute Gasteiger partial charge is 0.398 e. The molecule has 1 saturated carbocycles. The zero-order chi connectivity index (χ0) is 14.8. The second kappa shape index (κ2) is 6.22. The van der Waals surface area contributed by atoms with E-state index >= 15 is 0 Å². The molecule has 1 aliphatic rings. The molecule has 0 aliphatic heterocycles. The van der Waals surface area contributed by atoms with Crippen molar-refractivity contribution in [2.24, 2.45) is 5.92 Å². The van der Waals surface area contributed by atoms with Gasteiger partial charge in [0.15, 0.2) is 0 Å². The maximum atomic E-state index is 6.09. The van der Waals surface area contributed by atoms with Crippen LogP contribution in [0.4, 0.5) is 11.4 Å². The summed E-state index contributed by atoms with van der Waals surface area (Å²) in [6.07, 6.45) is 8.35. The highest BCUT2D eigenvalue weighted by molar-refractivity contribution is 9.10. The number of nitrogen functional groups attached to an aromatic ring is 1. The van der Waals surface area contributed by atoms with Crippen LogP contribution in [-0.2, 0) is 0 Å². The van der Waals surface area contributed by atoms with Gasteiger partial charge in [0.25, 0.3) is 0 Å². The summed E-state index contributed by atoms with van der Waals surface area (Å²) in [5.41, 5.74) is 8.95. The Morgan fingerprint density at radius 2 is 2.14 bits per heavy atom. The Kier molecular flexibility index (Phi) is 4.34. The summed E-state index contributed by atoms with van der Waals surface area (Å²) in [5, 5.41) is 4.75. The number of benzene rings is 1. The molecule has 2 aromatic rings. The SMILES string of the molecule is CCC1CCCCC1Nc1ccc(N)c2cc(Br)cnc12. The van der Waals surface area contributed by atoms with Crippen LogP contribution in [-0.4, -0.2) is 11.0 Å². The Hall–Kier alpha value is -1.29. The number of nitrogens with zero attached hydrogens (tertiary/aromatic N) is 1. The maximum absolute atomic E-state index is 6.09. The van der Waals surface area contributed by atoms with Gasteiger partial charge in [-0.1, -0.05) is 26.2 Å². The lowest BCUT2D eigenvalue weighted by Crippen LogP contribution is -2.31. The minimum Gasteiger partial charge on any atom is -0.398 e. The molecule has 2 unspecified atom stereocenters. The van der Waals surface area contributed by atoms with Crippen molar-refractivity contribution in [2.75, 3.05) is 11.1 Å². The Labute approximate surface area is 134 Å². The van der Waals surface area contributed by atoms with Gasteiger partial charge in [0.2, 0.25) is 0 Å². The second-order valence-corrected chi connectivity index (χ2v) is 6.87. The molecule has 3 N–H and O–H groups in total. The van der Waals surface area contributed by atoms with E-state index in [1.54, 1.807) is 0 Å². The van der Waals surface area contributed by atoms with Crippen molar-refractivity contribution >= 4 is 38.2 Å². The molecule has 1 aromatic heterocycles. The number of hydrogen-bond donors (Lipinski definition) is 2. The molecule has 1 fully saturated rings. The van der Waals surface area contributed by atoms with Gasteiger partial charge < -0.3 is 11.1 Å². The number of anilines is 2. The fourth-order valence-electron chi connectivity index (χ4n) is 3.42. The Morgan fingerprint density at radius 3 is 2.95 bits per heavy atom. The lowest BCUT2D eigenvalue weighted by molar-refractivity contribution is 0.317. The molecule has 1 aromatic carbocycles. The standard InChI is InChI=1S/C17H22BrN3/c1-2-11-5-3-4-6-15(11)21-16-8-7-14(19)13-9-12(18)10-20-17(13)16/h7-11,15,21H,2-6,19H2,1H3. The van der Waals surface area contributed by atoms with E-state index in [1.165, 1.54) is 32.1 Å². The average Bonchev–Trinajstić information content (AvgIpc) is 2.51. The molecule has 0 bridgehead atoms. The molecule has 3 rings (SSSR count). The van der Waals surface area contributed by atoms with Crippen LogP contribution in [0.1, 0.15) is 39.0 Å². The summed E-state index contributed by atoms with van der Waals surface area (Å²) in [7, 11) is 0. The molecule has 2 atom stereocenters. The van der Waals surface area contributed by atoms with Gasteiger partial charge in [-0.15, -0.1) is 0 Å². The van der Waals surface area contributed by atoms with E-state index in [4.69, 9.17) is 5.73 Å². The van der Waals surface area contributed by atoms with E-state index in [-0.39, 0.29) is 0 Å². The summed E-state index contributed by atoms with van der Waals surface area (Å²) >= 11 is 3.47. The first-order valence-electron chi connectivity index (χ1n) is 7.79. The van der Waals surface area contributed by atoms with Crippen LogP contribution in [0.2, 0.25) is 0 Å². The summed E-state index contributed by atoms with van der Waals surface area (Å²) in [5.74, 6) is 0.766. The second-order valence-electron chi connectivity index (χ2n) is 5.96. The van der Waals surface area contributed by atoms with Gasteiger partial charge >= 0.3 is 0 Å². The fraction of sp³-hybridized carbons (Fsp3) is 0.471. The first-order valence-corrected chi connectivity index (χ1v) is 8.58. The molecular formula is C17H22BrN3. The summed E-state index contributed by atoms with van der Waals surface area (Å²) in [6, 6.07) is 6.64. The third-order valence-corrected chi connectivity index (χ3v) is 5.06. The lowest BCUT2D eigenvalue weighted by Gasteiger charge is -2.32. The van der Waals surface area contributed by atoms with Gasteiger partial charge in [-0.25, -0.2) is 0 Å². The van der Waals surface area contributed by atoms with Crippen LogP contribution in [0, 0.1) is 5.92 Å². The Bertz CT molecular complexity index is 641. The number of rotatable bonds is 3. The molecular weight excluding hydrogens is 326 g/mol. The van der Waals surface area contributed by atoms with Crippen molar-refractivity contribution < 1.29 is 0 Å². The quantitative estimate of drug-likeness (QED) is 0.771. The summed E-state index contributed by atoms with van der Waals surface area (Å²) in [6.45, 7) is 2.29. The number of aromatic nitrogens is 1. The molecule has 0 radical (unpaired) electrons. The molecule has 1 heterocycles. The van der Waals surface area contributed by atoms with Crippen LogP contribution in [0.5, 0.6) is 0 Å². The van der Waals surface area contributed by atoms with Gasteiger partial charge in [0, 0.05) is 27.8 Å². The summed E-state index contributed by atoms with van der Waals surface area (Å²) in [4.78, 5) is 4.57. The van der Waals surface area contributed by atoms with Crippen LogP contribution >= 0.6 is 15.9 Å². The van der Waals surface area contributed by atoms with Crippen LogP contribution in [0.3, 0.4) is 0 Å². The highest BCUT2D eigenvalue weighted by Crippen LogP contribution is 2.33. The van der Waals surface area contributed by atoms with Crippen molar-refractivity contribution in [1.82, 2.24) is 4.98 Å². The van der Waals surface area contributed by atoms with Crippen LogP contribution < -0.4 is 11.1 Å². The number of nitrogens with two attached hydrogens (primary N) is 1. The Morgan fingerprint density at radius 1 is 1.33 bits per heavy atom. The topological polar surface area (TPSA) is 50.9 Å². The highest BCUT2D eigenvalue weighted by atomic mass is 79.9.